The summed E-state index contributed by atoms with van der Waals surface area (Å²) < 4.78 is 0. The molecule has 1 rings (SSSR count). The second kappa shape index (κ2) is 6.84. The summed E-state index contributed by atoms with van der Waals surface area (Å²) in [6.45, 7) is 0.974. The van der Waals surface area contributed by atoms with Crippen molar-refractivity contribution in [2.24, 2.45) is 0 Å². The largest absolute Gasteiger partial charge is 0.396 e. The number of nitrogens with two attached hydrogens (primary N) is 1. The van der Waals surface area contributed by atoms with Gasteiger partial charge in [0.2, 0.25) is 0 Å². The molecule has 0 bridgehead atoms. The molecule has 0 atom stereocenters. The van der Waals surface area contributed by atoms with E-state index in [-0.39, 0.29) is 17.9 Å². The summed E-state index contributed by atoms with van der Waals surface area (Å²) in [4.78, 5) is 17.5. The highest BCUT2D eigenvalue weighted by Crippen LogP contribution is 2.07. The minimum Gasteiger partial charge on any atom is -0.396 e. The van der Waals surface area contributed by atoms with Crippen molar-refractivity contribution in [3.05, 3.63) is 16.7 Å². The van der Waals surface area contributed by atoms with Crippen LogP contribution in [0.1, 0.15) is 25.7 Å². The fourth-order valence-corrected chi connectivity index (χ4v) is 1.35. The Hall–Kier alpha value is -1.56. The molecule has 1 heterocycles. The van der Waals surface area contributed by atoms with Gasteiger partial charge in [0.05, 0.1) is 6.33 Å². The van der Waals surface area contributed by atoms with E-state index in [1.54, 1.807) is 0 Å². The van der Waals surface area contributed by atoms with E-state index in [1.165, 1.54) is 6.33 Å². The van der Waals surface area contributed by atoms with Gasteiger partial charge in [0.1, 0.15) is 5.69 Å². The van der Waals surface area contributed by atoms with E-state index in [4.69, 9.17) is 10.8 Å². The average molecular weight is 226 g/mol. The van der Waals surface area contributed by atoms with E-state index >= 15 is 0 Å². The fraction of sp³-hybridized carbons (Fsp3) is 0.600. The number of aromatic nitrogens is 2. The van der Waals surface area contributed by atoms with Gasteiger partial charge in [-0.25, -0.2) is 4.98 Å². The molecule has 0 aromatic carbocycles. The van der Waals surface area contributed by atoms with Gasteiger partial charge in [0.15, 0.2) is 5.82 Å². The van der Waals surface area contributed by atoms with Crippen LogP contribution < -0.4 is 16.6 Å². The molecule has 0 unspecified atom stereocenters. The van der Waals surface area contributed by atoms with Crippen LogP contribution in [0.15, 0.2) is 11.1 Å². The average Bonchev–Trinajstić information content (AvgIpc) is 2.29. The van der Waals surface area contributed by atoms with Crippen LogP contribution in [0, 0.1) is 0 Å². The minimum atomic E-state index is -0.321. The Labute approximate surface area is 93.9 Å². The first-order valence-corrected chi connectivity index (χ1v) is 5.43. The number of hydrogen-bond acceptors (Lipinski definition) is 5. The van der Waals surface area contributed by atoms with Gasteiger partial charge in [-0.05, 0) is 12.8 Å². The number of hydrogen-bond donors (Lipinski definition) is 4. The Balaban J connectivity index is 2.27. The van der Waals surface area contributed by atoms with Gasteiger partial charge in [-0.15, -0.1) is 0 Å². The summed E-state index contributed by atoms with van der Waals surface area (Å²) >= 11 is 0. The molecular formula is C10H18N4O2. The van der Waals surface area contributed by atoms with Gasteiger partial charge in [-0.2, -0.15) is 0 Å². The molecule has 0 saturated carbocycles. The Morgan fingerprint density at radius 3 is 2.88 bits per heavy atom. The van der Waals surface area contributed by atoms with Crippen LogP contribution in [0.25, 0.3) is 0 Å². The van der Waals surface area contributed by atoms with Crippen molar-refractivity contribution in [3.63, 3.8) is 0 Å². The summed E-state index contributed by atoms with van der Waals surface area (Å²) in [7, 11) is 0. The lowest BCUT2D eigenvalue weighted by atomic mass is 10.2. The van der Waals surface area contributed by atoms with Crippen molar-refractivity contribution in [1.29, 1.82) is 0 Å². The molecule has 6 heteroatoms. The van der Waals surface area contributed by atoms with E-state index < -0.39 is 0 Å². The Bertz CT molecular complexity index is 364. The van der Waals surface area contributed by atoms with Crippen LogP contribution in [0.4, 0.5) is 11.5 Å². The molecule has 6 nitrogen and oxygen atoms in total. The standard InChI is InChI=1S/C10H18N4O2/c11-8-9(13-7-14-10(8)16)12-5-3-1-2-4-6-15/h7,15H,1-6,11H2,(H2,12,13,14,16). The molecule has 16 heavy (non-hydrogen) atoms. The third-order valence-electron chi connectivity index (χ3n) is 2.27. The van der Waals surface area contributed by atoms with Crippen LogP contribution in [-0.2, 0) is 0 Å². The first-order chi connectivity index (χ1) is 7.75. The molecular weight excluding hydrogens is 208 g/mol. The Morgan fingerprint density at radius 1 is 1.38 bits per heavy atom. The summed E-state index contributed by atoms with van der Waals surface area (Å²) in [5.41, 5.74) is 5.34. The normalized spacial score (nSPS) is 10.3. The van der Waals surface area contributed by atoms with Gasteiger partial charge in [0.25, 0.3) is 5.56 Å². The van der Waals surface area contributed by atoms with Crippen molar-refractivity contribution < 1.29 is 5.11 Å². The van der Waals surface area contributed by atoms with Crippen LogP contribution in [0.3, 0.4) is 0 Å². The second-order valence-corrected chi connectivity index (χ2v) is 3.56. The van der Waals surface area contributed by atoms with E-state index in [0.29, 0.717) is 5.82 Å². The van der Waals surface area contributed by atoms with Crippen molar-refractivity contribution in [3.8, 4) is 0 Å². The van der Waals surface area contributed by atoms with Crippen molar-refractivity contribution in [2.45, 2.75) is 25.7 Å². The van der Waals surface area contributed by atoms with Gasteiger partial charge in [-0.1, -0.05) is 12.8 Å². The molecule has 0 aliphatic carbocycles. The zero-order chi connectivity index (χ0) is 11.8. The predicted molar refractivity (Wildman–Crippen MR) is 63.3 cm³/mol. The lowest BCUT2D eigenvalue weighted by Crippen LogP contribution is -2.16. The maximum Gasteiger partial charge on any atom is 0.276 e. The summed E-state index contributed by atoms with van der Waals surface area (Å²) in [5, 5.41) is 11.6. The number of aromatic amines is 1. The van der Waals surface area contributed by atoms with Crippen LogP contribution in [0.5, 0.6) is 0 Å². The SMILES string of the molecule is Nc1c(NCCCCCCO)nc[nH]c1=O. The topological polar surface area (TPSA) is 104 Å². The number of rotatable bonds is 7. The van der Waals surface area contributed by atoms with Crippen molar-refractivity contribution >= 4 is 11.5 Å². The number of unbranched alkanes of at least 4 members (excludes halogenated alkanes) is 3. The maximum atomic E-state index is 11.1. The van der Waals surface area contributed by atoms with Crippen molar-refractivity contribution in [1.82, 2.24) is 9.97 Å². The smallest absolute Gasteiger partial charge is 0.276 e. The van der Waals surface area contributed by atoms with Gasteiger partial charge < -0.3 is 21.1 Å². The van der Waals surface area contributed by atoms with Crippen molar-refractivity contribution in [2.75, 3.05) is 24.2 Å². The first-order valence-electron chi connectivity index (χ1n) is 5.43. The van der Waals surface area contributed by atoms with Gasteiger partial charge >= 0.3 is 0 Å². The molecule has 5 N–H and O–H groups in total. The molecule has 0 amide bonds. The highest BCUT2D eigenvalue weighted by molar-refractivity contribution is 5.58. The molecule has 0 fully saturated rings. The number of nitrogen functional groups attached to an aromatic ring is 1. The second-order valence-electron chi connectivity index (χ2n) is 3.56. The lowest BCUT2D eigenvalue weighted by molar-refractivity contribution is 0.283. The number of aliphatic hydroxyl groups excluding tert-OH is 1. The van der Waals surface area contributed by atoms with E-state index in [0.717, 1.165) is 32.2 Å². The van der Waals surface area contributed by atoms with Crippen LogP contribution >= 0.6 is 0 Å². The number of nitrogens with one attached hydrogen (secondary N) is 2. The highest BCUT2D eigenvalue weighted by Gasteiger charge is 2.02. The summed E-state index contributed by atoms with van der Waals surface area (Å²) in [5.74, 6) is 0.436. The van der Waals surface area contributed by atoms with E-state index in [2.05, 4.69) is 15.3 Å². The molecule has 0 radical (unpaired) electrons. The molecule has 90 valence electrons. The molecule has 0 spiro atoms. The molecule has 0 aliphatic heterocycles. The quantitative estimate of drug-likeness (QED) is 0.501. The Morgan fingerprint density at radius 2 is 2.12 bits per heavy atom. The predicted octanol–water partition coefficient (Wildman–Crippen LogP) is 0.317. The number of aliphatic hydroxyl groups is 1. The number of H-pyrrole nitrogens is 1. The summed E-state index contributed by atoms with van der Waals surface area (Å²) in [6.07, 6.45) is 5.18. The first kappa shape index (κ1) is 12.5. The lowest BCUT2D eigenvalue weighted by Gasteiger charge is -2.06. The van der Waals surface area contributed by atoms with Crippen LogP contribution in [0.2, 0.25) is 0 Å². The zero-order valence-corrected chi connectivity index (χ0v) is 9.20. The fourth-order valence-electron chi connectivity index (χ4n) is 1.35. The Kier molecular flexibility index (Phi) is 5.35. The summed E-state index contributed by atoms with van der Waals surface area (Å²) in [6, 6.07) is 0. The zero-order valence-electron chi connectivity index (χ0n) is 9.20. The molecule has 1 aromatic rings. The monoisotopic (exact) mass is 226 g/mol. The molecule has 0 aliphatic rings. The van der Waals surface area contributed by atoms with E-state index in [9.17, 15) is 4.79 Å². The van der Waals surface area contributed by atoms with Gasteiger partial charge in [0, 0.05) is 13.2 Å². The van der Waals surface area contributed by atoms with Crippen LogP contribution in [-0.4, -0.2) is 28.2 Å². The van der Waals surface area contributed by atoms with Gasteiger partial charge in [-0.3, -0.25) is 4.79 Å². The highest BCUT2D eigenvalue weighted by atomic mass is 16.2. The molecule has 1 aromatic heterocycles. The minimum absolute atomic E-state index is 0.123. The third-order valence-corrected chi connectivity index (χ3v) is 2.27. The van der Waals surface area contributed by atoms with E-state index in [1.807, 2.05) is 0 Å². The number of anilines is 2. The maximum absolute atomic E-state index is 11.1. The molecule has 0 saturated heterocycles. The number of nitrogens with zero attached hydrogens (tertiary/aromatic N) is 1. The third kappa shape index (κ3) is 3.90.